The number of carbonyl (C=O) groups is 2. The lowest BCUT2D eigenvalue weighted by molar-refractivity contribution is 0.0695. The normalized spacial score (nSPS) is 10.8. The van der Waals surface area contributed by atoms with E-state index in [-0.39, 0.29) is 11.1 Å². The Morgan fingerprint density at radius 1 is 1.09 bits per heavy atom. The van der Waals surface area contributed by atoms with Crippen LogP contribution < -0.4 is 11.3 Å². The number of benzene rings is 1. The quantitative estimate of drug-likeness (QED) is 0.576. The third-order valence-corrected chi connectivity index (χ3v) is 3.42. The van der Waals surface area contributed by atoms with Crippen LogP contribution in [0, 0.1) is 0 Å². The predicted molar refractivity (Wildman–Crippen MR) is 80.6 cm³/mol. The van der Waals surface area contributed by atoms with Crippen molar-refractivity contribution in [1.29, 1.82) is 0 Å². The van der Waals surface area contributed by atoms with Crippen molar-refractivity contribution in [2.24, 2.45) is 0 Å². The third kappa shape index (κ3) is 2.22. The fourth-order valence-electron chi connectivity index (χ4n) is 2.45. The minimum atomic E-state index is -1.55. The molecule has 0 saturated carbocycles. The smallest absolute Gasteiger partial charge is 0.342 e. The molecule has 0 bridgehead atoms. The van der Waals surface area contributed by atoms with Crippen LogP contribution in [-0.2, 0) is 0 Å². The van der Waals surface area contributed by atoms with E-state index in [9.17, 15) is 24.6 Å². The summed E-state index contributed by atoms with van der Waals surface area (Å²) < 4.78 is 5.23. The zero-order valence-corrected chi connectivity index (χ0v) is 11.5. The van der Waals surface area contributed by atoms with Crippen molar-refractivity contribution in [1.82, 2.24) is 4.98 Å². The average Bonchev–Trinajstić information content (AvgIpc) is 2.92. The Hall–Kier alpha value is -3.55. The molecule has 1 aromatic carbocycles. The van der Waals surface area contributed by atoms with Crippen LogP contribution in [0.2, 0.25) is 0 Å². The summed E-state index contributed by atoms with van der Waals surface area (Å²) in [5.41, 5.74) is 3.79. The molecule has 0 spiro atoms. The van der Waals surface area contributed by atoms with E-state index in [1.54, 1.807) is 12.1 Å². The lowest BCUT2D eigenvalue weighted by Gasteiger charge is -2.12. The van der Waals surface area contributed by atoms with Gasteiger partial charge < -0.3 is 25.3 Å². The summed E-state index contributed by atoms with van der Waals surface area (Å²) >= 11 is 0. The lowest BCUT2D eigenvalue weighted by atomic mass is 9.95. The standard InChI is InChI=1S/C15H10N2O6/c16-12-10(14(19)20)9(11(15(21)22)13(18)17-12)7-2-1-6-3-4-23-8(6)5-7/h1-5H,(H,19,20)(H,21,22)(H3,16,17,18). The molecule has 23 heavy (non-hydrogen) atoms. The molecule has 3 rings (SSSR count). The van der Waals surface area contributed by atoms with Gasteiger partial charge in [-0.2, -0.15) is 0 Å². The summed E-state index contributed by atoms with van der Waals surface area (Å²) in [7, 11) is 0. The number of furan rings is 1. The number of pyridine rings is 1. The van der Waals surface area contributed by atoms with Crippen LogP contribution in [0.4, 0.5) is 5.82 Å². The third-order valence-electron chi connectivity index (χ3n) is 3.42. The first kappa shape index (κ1) is 14.4. The highest BCUT2D eigenvalue weighted by Crippen LogP contribution is 2.31. The molecule has 0 radical (unpaired) electrons. The van der Waals surface area contributed by atoms with Gasteiger partial charge in [0.1, 0.15) is 22.5 Å². The molecule has 0 aliphatic heterocycles. The SMILES string of the molecule is Nc1[nH]c(=O)c(C(=O)O)c(-c2ccc3ccoc3c2)c1C(=O)O. The molecule has 0 amide bonds. The number of anilines is 1. The summed E-state index contributed by atoms with van der Waals surface area (Å²) in [4.78, 5) is 36.9. The number of hydrogen-bond acceptors (Lipinski definition) is 5. The predicted octanol–water partition coefficient (Wildman–Crippen LogP) is 1.77. The summed E-state index contributed by atoms with van der Waals surface area (Å²) in [5, 5.41) is 19.4. The maximum absolute atomic E-state index is 11.9. The zero-order chi connectivity index (χ0) is 16.7. The Kier molecular flexibility index (Phi) is 3.14. The molecule has 116 valence electrons. The summed E-state index contributed by atoms with van der Waals surface area (Å²) in [6.45, 7) is 0. The molecule has 2 aromatic heterocycles. The van der Waals surface area contributed by atoms with Crippen LogP contribution in [0.3, 0.4) is 0 Å². The summed E-state index contributed by atoms with van der Waals surface area (Å²) in [5.74, 6) is -3.42. The largest absolute Gasteiger partial charge is 0.478 e. The van der Waals surface area contributed by atoms with Gasteiger partial charge in [0.05, 0.1) is 6.26 Å². The first-order valence-corrected chi connectivity index (χ1v) is 6.40. The van der Waals surface area contributed by atoms with Crippen LogP contribution in [0.1, 0.15) is 20.7 Å². The van der Waals surface area contributed by atoms with Crippen molar-refractivity contribution >= 4 is 28.7 Å². The second-order valence-electron chi connectivity index (χ2n) is 4.78. The van der Waals surface area contributed by atoms with Crippen molar-refractivity contribution in [3.05, 3.63) is 52.0 Å². The van der Waals surface area contributed by atoms with Gasteiger partial charge in [0.25, 0.3) is 5.56 Å². The van der Waals surface area contributed by atoms with Gasteiger partial charge in [-0.1, -0.05) is 12.1 Å². The molecule has 0 aliphatic rings. The Labute approximate surface area is 127 Å². The maximum Gasteiger partial charge on any atom is 0.342 e. The number of hydrogen-bond donors (Lipinski definition) is 4. The monoisotopic (exact) mass is 314 g/mol. The van der Waals surface area contributed by atoms with Crippen molar-refractivity contribution < 1.29 is 24.2 Å². The molecule has 0 saturated heterocycles. The summed E-state index contributed by atoms with van der Waals surface area (Å²) in [6, 6.07) is 6.29. The molecule has 0 aliphatic carbocycles. The number of H-pyrrole nitrogens is 1. The Morgan fingerprint density at radius 2 is 1.78 bits per heavy atom. The van der Waals surface area contributed by atoms with E-state index in [0.717, 1.165) is 5.39 Å². The highest BCUT2D eigenvalue weighted by Gasteiger charge is 2.26. The number of carboxylic acid groups (broad SMARTS) is 2. The topological polar surface area (TPSA) is 147 Å². The fraction of sp³-hybridized carbons (Fsp3) is 0. The molecule has 5 N–H and O–H groups in total. The highest BCUT2D eigenvalue weighted by molar-refractivity contribution is 6.07. The van der Waals surface area contributed by atoms with Crippen molar-refractivity contribution in [3.63, 3.8) is 0 Å². The van der Waals surface area contributed by atoms with E-state index in [1.165, 1.54) is 18.4 Å². The molecule has 3 aromatic rings. The van der Waals surface area contributed by atoms with Crippen LogP contribution in [0.25, 0.3) is 22.1 Å². The van der Waals surface area contributed by atoms with Gasteiger partial charge in [0.2, 0.25) is 0 Å². The molecule has 0 atom stereocenters. The van der Waals surface area contributed by atoms with Gasteiger partial charge in [-0.05, 0) is 17.7 Å². The van der Waals surface area contributed by atoms with E-state index in [4.69, 9.17) is 10.2 Å². The van der Waals surface area contributed by atoms with Gasteiger partial charge in [0.15, 0.2) is 0 Å². The van der Waals surface area contributed by atoms with E-state index in [2.05, 4.69) is 0 Å². The van der Waals surface area contributed by atoms with Crippen molar-refractivity contribution in [2.75, 3.05) is 5.73 Å². The molecule has 8 nitrogen and oxygen atoms in total. The number of nitrogens with two attached hydrogens (primary N) is 1. The number of aromatic carboxylic acids is 2. The number of rotatable bonds is 3. The van der Waals surface area contributed by atoms with Crippen LogP contribution in [0.15, 0.2) is 39.7 Å². The first-order chi connectivity index (χ1) is 10.9. The van der Waals surface area contributed by atoms with E-state index in [1.807, 2.05) is 4.98 Å². The van der Waals surface area contributed by atoms with E-state index in [0.29, 0.717) is 5.58 Å². The van der Waals surface area contributed by atoms with Gasteiger partial charge in [-0.15, -0.1) is 0 Å². The summed E-state index contributed by atoms with van der Waals surface area (Å²) in [6.07, 6.45) is 1.44. The van der Waals surface area contributed by atoms with Gasteiger partial charge >= 0.3 is 11.9 Å². The maximum atomic E-state index is 11.9. The number of aromatic nitrogens is 1. The van der Waals surface area contributed by atoms with Crippen molar-refractivity contribution in [3.8, 4) is 11.1 Å². The van der Waals surface area contributed by atoms with E-state index >= 15 is 0 Å². The Morgan fingerprint density at radius 3 is 2.43 bits per heavy atom. The molecule has 2 heterocycles. The van der Waals surface area contributed by atoms with Gasteiger partial charge in [-0.25, -0.2) is 9.59 Å². The molecule has 0 unspecified atom stereocenters. The molecule has 0 fully saturated rings. The lowest BCUT2D eigenvalue weighted by Crippen LogP contribution is -2.24. The van der Waals surface area contributed by atoms with E-state index < -0.39 is 34.4 Å². The molecular formula is C15H10N2O6. The first-order valence-electron chi connectivity index (χ1n) is 6.40. The second-order valence-corrected chi connectivity index (χ2v) is 4.78. The number of nitrogens with one attached hydrogen (secondary N) is 1. The molecule has 8 heteroatoms. The molecular weight excluding hydrogens is 304 g/mol. The number of fused-ring (bicyclic) bond motifs is 1. The number of nitrogen functional groups attached to an aromatic ring is 1. The highest BCUT2D eigenvalue weighted by atomic mass is 16.4. The minimum absolute atomic E-state index is 0.208. The average molecular weight is 314 g/mol. The number of carboxylic acids is 2. The van der Waals surface area contributed by atoms with Crippen LogP contribution >= 0.6 is 0 Å². The van der Waals surface area contributed by atoms with Crippen LogP contribution in [0.5, 0.6) is 0 Å². The Balaban J connectivity index is 2.46. The second kappa shape index (κ2) is 5.02. The van der Waals surface area contributed by atoms with Crippen molar-refractivity contribution in [2.45, 2.75) is 0 Å². The van der Waals surface area contributed by atoms with Crippen LogP contribution in [-0.4, -0.2) is 27.1 Å². The Bertz CT molecular complexity index is 1010. The number of aromatic amines is 1. The van der Waals surface area contributed by atoms with Gasteiger partial charge in [0, 0.05) is 10.9 Å². The zero-order valence-electron chi connectivity index (χ0n) is 11.5. The fourth-order valence-corrected chi connectivity index (χ4v) is 2.45. The minimum Gasteiger partial charge on any atom is -0.478 e. The van der Waals surface area contributed by atoms with Gasteiger partial charge in [-0.3, -0.25) is 4.79 Å².